The van der Waals surface area contributed by atoms with Gasteiger partial charge in [-0.3, -0.25) is 0 Å². The van der Waals surface area contributed by atoms with Crippen LogP contribution in [0, 0.1) is 0 Å². The molecule has 318 valence electrons. The molecule has 0 aliphatic heterocycles. The molecule has 68 heavy (non-hydrogen) atoms. The van der Waals surface area contributed by atoms with E-state index in [0.717, 1.165) is 92.9 Å². The summed E-state index contributed by atoms with van der Waals surface area (Å²) in [7, 11) is 0. The van der Waals surface area contributed by atoms with E-state index >= 15 is 0 Å². The molecule has 6 heteroatoms. The van der Waals surface area contributed by atoms with Gasteiger partial charge in [0.1, 0.15) is 5.69 Å². The third-order valence-electron chi connectivity index (χ3n) is 12.8. The number of hydrogen-bond donors (Lipinski definition) is 0. The molecule has 4 nitrogen and oxygen atoms in total. The molecule has 0 spiro atoms. The van der Waals surface area contributed by atoms with Gasteiger partial charge in [-0.25, -0.2) is 15.0 Å². The second kappa shape index (κ2) is 16.8. The molecular formula is C62H39N4S2+. The Labute approximate surface area is 401 Å². The molecule has 0 fully saturated rings. The van der Waals surface area contributed by atoms with Crippen LogP contribution in [0.15, 0.2) is 237 Å². The first kappa shape index (κ1) is 39.9. The van der Waals surface area contributed by atoms with Gasteiger partial charge >= 0.3 is 0 Å². The van der Waals surface area contributed by atoms with Gasteiger partial charge in [-0.05, 0) is 62.7 Å². The van der Waals surface area contributed by atoms with Crippen molar-refractivity contribution in [2.45, 2.75) is 0 Å². The largest absolute Gasteiger partial charge is 0.294 e. The third-order valence-corrected chi connectivity index (χ3v) is 15.2. The van der Waals surface area contributed by atoms with Gasteiger partial charge in [0.25, 0.3) is 4.83 Å². The van der Waals surface area contributed by atoms with Gasteiger partial charge in [0, 0.05) is 49.0 Å². The molecule has 9 aromatic carbocycles. The van der Waals surface area contributed by atoms with Crippen molar-refractivity contribution in [2.75, 3.05) is 0 Å². The lowest BCUT2D eigenvalue weighted by molar-refractivity contribution is -0.564. The van der Waals surface area contributed by atoms with Gasteiger partial charge in [0.15, 0.2) is 11.3 Å². The molecule has 0 saturated heterocycles. The zero-order chi connectivity index (χ0) is 45.0. The number of benzene rings is 9. The molecule has 0 saturated carbocycles. The molecule has 4 aromatic heterocycles. The second-order valence-corrected chi connectivity index (χ2v) is 19.0. The van der Waals surface area contributed by atoms with Crippen LogP contribution in [0.25, 0.3) is 125 Å². The first-order valence-electron chi connectivity index (χ1n) is 22.8. The van der Waals surface area contributed by atoms with Gasteiger partial charge in [-0.2, -0.15) is 0 Å². The van der Waals surface area contributed by atoms with Crippen LogP contribution in [0.5, 0.6) is 0 Å². The Morgan fingerprint density at radius 3 is 1.50 bits per heavy atom. The van der Waals surface area contributed by atoms with E-state index < -0.39 is 0 Å². The number of aromatic nitrogens is 4. The number of rotatable bonds is 8. The quantitative estimate of drug-likeness (QED) is 0.143. The molecule has 0 N–H and O–H groups in total. The third kappa shape index (κ3) is 6.97. The smallest absolute Gasteiger partial charge is 0.233 e. The lowest BCUT2D eigenvalue weighted by Crippen LogP contribution is -2.31. The summed E-state index contributed by atoms with van der Waals surface area (Å²) < 4.78 is 5.82. The minimum absolute atomic E-state index is 0.690. The van der Waals surface area contributed by atoms with Crippen LogP contribution < -0.4 is 4.57 Å². The van der Waals surface area contributed by atoms with Crippen LogP contribution >= 0.6 is 22.7 Å². The molecule has 0 radical (unpaired) electrons. The van der Waals surface area contributed by atoms with Gasteiger partial charge in [0.2, 0.25) is 11.9 Å². The maximum Gasteiger partial charge on any atom is 0.294 e. The standard InChI is InChI=1S/C62H39N4S2/c1-3-19-40(20-4-1)42-23-17-25-44(37-42)57-60-58(52-33-13-15-35-55(52)67-60)65-61(64-57)51-32-12-10-30-49(51)47-28-8-7-27-46(47)48-29-9-11-31-50(48)54-39-66(62-59(63-54)53-34-14-16-36-56(53)68-62)45-26-18-24-43(38-45)41-21-5-2-6-22-41/h1-39H/q+1. The molecule has 0 aliphatic rings. The zero-order valence-electron chi connectivity index (χ0n) is 36.6. The Morgan fingerprint density at radius 1 is 0.338 bits per heavy atom. The van der Waals surface area contributed by atoms with Crippen molar-refractivity contribution in [1.82, 2.24) is 15.0 Å². The molecule has 0 atom stereocenters. The van der Waals surface area contributed by atoms with Gasteiger partial charge in [-0.1, -0.05) is 212 Å². The average molecular weight is 904 g/mol. The molecule has 0 bridgehead atoms. The lowest BCUT2D eigenvalue weighted by Gasteiger charge is -2.17. The monoisotopic (exact) mass is 903 g/mol. The summed E-state index contributed by atoms with van der Waals surface area (Å²) in [5.74, 6) is 0.690. The number of hydrogen-bond acceptors (Lipinski definition) is 5. The van der Waals surface area contributed by atoms with Crippen molar-refractivity contribution in [2.24, 2.45) is 0 Å². The SMILES string of the molecule is c1ccc(-c2cccc(-c3nc(-c4ccccc4-c4ccccc4-c4ccccc4-c4c[n+](-c5cccc(-c6ccccc6)c5)c5sc6ccccc6c5n4)nc4c3sc3ccccc34)c2)cc1. The predicted molar refractivity (Wildman–Crippen MR) is 285 cm³/mol. The normalized spacial score (nSPS) is 11.5. The van der Waals surface area contributed by atoms with E-state index in [1.165, 1.54) is 26.1 Å². The Kier molecular flexibility index (Phi) is 9.85. The average Bonchev–Trinajstić information content (AvgIpc) is 3.99. The summed E-state index contributed by atoms with van der Waals surface area (Å²) in [5.41, 5.74) is 16.9. The minimum Gasteiger partial charge on any atom is -0.233 e. The maximum atomic E-state index is 5.54. The van der Waals surface area contributed by atoms with Crippen LogP contribution in [0.2, 0.25) is 0 Å². The molecule has 13 aromatic rings. The van der Waals surface area contributed by atoms with Crippen molar-refractivity contribution in [3.63, 3.8) is 0 Å². The van der Waals surface area contributed by atoms with Crippen molar-refractivity contribution >= 4 is 63.4 Å². The summed E-state index contributed by atoms with van der Waals surface area (Å²) in [5, 5.41) is 2.28. The van der Waals surface area contributed by atoms with Crippen molar-refractivity contribution in [1.29, 1.82) is 0 Å². The highest BCUT2D eigenvalue weighted by atomic mass is 32.1. The van der Waals surface area contributed by atoms with Gasteiger partial charge in [0.05, 0.1) is 15.9 Å². The van der Waals surface area contributed by atoms with E-state index in [4.69, 9.17) is 15.0 Å². The Bertz CT molecular complexity index is 3780. The van der Waals surface area contributed by atoms with Crippen LogP contribution in [-0.2, 0) is 0 Å². The predicted octanol–water partition coefficient (Wildman–Crippen LogP) is 16.6. The number of thiophene rings is 2. The fourth-order valence-corrected chi connectivity index (χ4v) is 11.9. The summed E-state index contributed by atoms with van der Waals surface area (Å²) in [4.78, 5) is 17.6. The Hall–Kier alpha value is -8.42. The van der Waals surface area contributed by atoms with Crippen molar-refractivity contribution < 1.29 is 4.57 Å². The van der Waals surface area contributed by atoms with Crippen LogP contribution in [0.4, 0.5) is 0 Å². The zero-order valence-corrected chi connectivity index (χ0v) is 38.3. The fourth-order valence-electron chi connectivity index (χ4n) is 9.60. The molecule has 0 aliphatic carbocycles. The molecule has 4 heterocycles. The van der Waals surface area contributed by atoms with Gasteiger partial charge < -0.3 is 0 Å². The second-order valence-electron chi connectivity index (χ2n) is 16.9. The highest BCUT2D eigenvalue weighted by molar-refractivity contribution is 7.26. The van der Waals surface area contributed by atoms with Crippen molar-refractivity contribution in [3.05, 3.63) is 237 Å². The summed E-state index contributed by atoms with van der Waals surface area (Å²) in [6.45, 7) is 0. The Morgan fingerprint density at radius 2 is 0.824 bits per heavy atom. The Balaban J connectivity index is 0.988. The van der Waals surface area contributed by atoms with Crippen LogP contribution in [0.3, 0.4) is 0 Å². The molecule has 0 unspecified atom stereocenters. The van der Waals surface area contributed by atoms with Crippen LogP contribution in [0.1, 0.15) is 0 Å². The first-order chi connectivity index (χ1) is 33.7. The highest BCUT2D eigenvalue weighted by Gasteiger charge is 2.25. The van der Waals surface area contributed by atoms with E-state index in [0.29, 0.717) is 5.82 Å². The molecular weight excluding hydrogens is 865 g/mol. The van der Waals surface area contributed by atoms with E-state index in [9.17, 15) is 0 Å². The topological polar surface area (TPSA) is 42.5 Å². The van der Waals surface area contributed by atoms with Crippen molar-refractivity contribution in [3.8, 4) is 84.1 Å². The molecule has 0 amide bonds. The lowest BCUT2D eigenvalue weighted by atomic mass is 9.89. The number of nitrogens with zero attached hydrogens (tertiary/aromatic N) is 4. The van der Waals surface area contributed by atoms with Crippen LogP contribution in [-0.4, -0.2) is 15.0 Å². The number of fused-ring (bicyclic) bond motifs is 6. The first-order valence-corrected chi connectivity index (χ1v) is 24.4. The van der Waals surface area contributed by atoms with E-state index in [2.05, 4.69) is 241 Å². The fraction of sp³-hybridized carbons (Fsp3) is 0. The molecule has 13 rings (SSSR count). The van der Waals surface area contributed by atoms with E-state index in [1.54, 1.807) is 22.7 Å². The maximum absolute atomic E-state index is 5.54. The summed E-state index contributed by atoms with van der Waals surface area (Å²) in [6.07, 6.45) is 2.22. The summed E-state index contributed by atoms with van der Waals surface area (Å²) >= 11 is 3.54. The van der Waals surface area contributed by atoms with E-state index in [1.807, 2.05) is 0 Å². The highest BCUT2D eigenvalue weighted by Crippen LogP contribution is 2.44. The minimum atomic E-state index is 0.690. The van der Waals surface area contributed by atoms with E-state index in [-0.39, 0.29) is 0 Å². The van der Waals surface area contributed by atoms with Gasteiger partial charge in [-0.15, -0.1) is 15.9 Å². The summed E-state index contributed by atoms with van der Waals surface area (Å²) in [6, 6.07) is 81.9.